The maximum atomic E-state index is 10.7. The summed E-state index contributed by atoms with van der Waals surface area (Å²) in [5.41, 5.74) is -5.65. The average molecular weight is 448 g/mol. The summed E-state index contributed by atoms with van der Waals surface area (Å²) < 4.78 is 60.3. The van der Waals surface area contributed by atoms with Crippen LogP contribution in [0.3, 0.4) is 0 Å². The van der Waals surface area contributed by atoms with E-state index in [1.165, 1.54) is 108 Å². The second kappa shape index (κ2) is 17.4. The Balaban J connectivity index is 0. The van der Waals surface area contributed by atoms with Crippen LogP contribution in [0.2, 0.25) is 0 Å². The van der Waals surface area contributed by atoms with Crippen LogP contribution in [0.1, 0.15) is 105 Å². The molecule has 0 aliphatic heterocycles. The van der Waals surface area contributed by atoms with E-state index in [1.807, 2.05) is 0 Å². The Kier molecular flexibility index (Phi) is 18.5. The molecule has 0 radical (unpaired) electrons. The number of hydrogen-bond donors (Lipinski definition) is 0. The summed E-state index contributed by atoms with van der Waals surface area (Å²) in [7, 11) is -6.09. The van der Waals surface area contributed by atoms with Crippen molar-refractivity contribution < 1.29 is 30.6 Å². The minimum Gasteiger partial charge on any atom is -0.741 e. The molecular weight excluding hydrogens is 403 g/mol. The summed E-state index contributed by atoms with van der Waals surface area (Å²) in [5, 5.41) is 0. The number of halogens is 3. The Hall–Kier alpha value is -0.340. The largest absolute Gasteiger partial charge is 0.741 e. The number of nitrogens with zero attached hydrogens (tertiary/aromatic N) is 1. The molecule has 0 aliphatic rings. The van der Waals surface area contributed by atoms with Gasteiger partial charge < -0.3 is 9.04 Å². The van der Waals surface area contributed by atoms with Crippen LogP contribution in [-0.2, 0) is 10.1 Å². The SMILES string of the molecule is CCCCC[N+](CCCCC)(CCCCC)CCCCC.O=S(=O)([O-])C(F)(F)F. The number of rotatable bonds is 16. The van der Waals surface area contributed by atoms with Gasteiger partial charge >= 0.3 is 5.51 Å². The third kappa shape index (κ3) is 17.1. The quantitative estimate of drug-likeness (QED) is 0.116. The van der Waals surface area contributed by atoms with Crippen molar-refractivity contribution in [3.63, 3.8) is 0 Å². The van der Waals surface area contributed by atoms with Crippen LogP contribution in [0.5, 0.6) is 0 Å². The van der Waals surface area contributed by atoms with Crippen molar-refractivity contribution >= 4 is 10.1 Å². The molecule has 178 valence electrons. The van der Waals surface area contributed by atoms with Crippen LogP contribution < -0.4 is 0 Å². The molecule has 0 aromatic carbocycles. The molecule has 0 aromatic heterocycles. The third-order valence-corrected chi connectivity index (χ3v) is 5.79. The normalized spacial score (nSPS) is 12.6. The van der Waals surface area contributed by atoms with E-state index >= 15 is 0 Å². The summed E-state index contributed by atoms with van der Waals surface area (Å²) in [5.74, 6) is 0. The summed E-state index contributed by atoms with van der Waals surface area (Å²) in [4.78, 5) is 0. The van der Waals surface area contributed by atoms with Gasteiger partial charge in [0.2, 0.25) is 0 Å². The molecule has 0 N–H and O–H groups in total. The van der Waals surface area contributed by atoms with Gasteiger partial charge in [-0.1, -0.05) is 53.4 Å². The summed E-state index contributed by atoms with van der Waals surface area (Å²) in [6, 6.07) is 0. The number of hydrogen-bond acceptors (Lipinski definition) is 3. The first-order valence-electron chi connectivity index (χ1n) is 11.4. The van der Waals surface area contributed by atoms with Gasteiger partial charge in [0.25, 0.3) is 0 Å². The molecular formula is C21H44F3NO3S. The highest BCUT2D eigenvalue weighted by atomic mass is 32.2. The van der Waals surface area contributed by atoms with Gasteiger partial charge in [-0.05, 0) is 51.4 Å². The Morgan fingerprint density at radius 3 is 0.966 bits per heavy atom. The zero-order valence-corrected chi connectivity index (χ0v) is 19.8. The molecule has 0 saturated heterocycles. The lowest BCUT2D eigenvalue weighted by atomic mass is 10.1. The van der Waals surface area contributed by atoms with Gasteiger partial charge in [0.15, 0.2) is 10.1 Å². The van der Waals surface area contributed by atoms with Crippen molar-refractivity contribution in [1.29, 1.82) is 0 Å². The number of unbranched alkanes of at least 4 members (excludes halogenated alkanes) is 8. The number of quaternary nitrogens is 1. The van der Waals surface area contributed by atoms with Crippen LogP contribution in [0.25, 0.3) is 0 Å². The van der Waals surface area contributed by atoms with E-state index in [2.05, 4.69) is 27.7 Å². The van der Waals surface area contributed by atoms with Gasteiger partial charge in [0.05, 0.1) is 26.2 Å². The topological polar surface area (TPSA) is 57.2 Å². The summed E-state index contributed by atoms with van der Waals surface area (Å²) in [6.45, 7) is 15.1. The van der Waals surface area contributed by atoms with Crippen LogP contribution in [-0.4, -0.2) is 49.1 Å². The molecule has 0 heterocycles. The zero-order valence-electron chi connectivity index (χ0n) is 19.0. The Morgan fingerprint density at radius 2 is 0.828 bits per heavy atom. The smallest absolute Gasteiger partial charge is 0.485 e. The van der Waals surface area contributed by atoms with Crippen molar-refractivity contribution in [2.75, 3.05) is 26.2 Å². The lowest BCUT2D eigenvalue weighted by Crippen LogP contribution is -2.50. The van der Waals surface area contributed by atoms with Crippen LogP contribution in [0, 0.1) is 0 Å². The minimum atomic E-state index is -6.09. The fraction of sp³-hybridized carbons (Fsp3) is 1.00. The maximum Gasteiger partial charge on any atom is 0.485 e. The predicted octanol–water partition coefficient (Wildman–Crippen LogP) is 6.62. The van der Waals surface area contributed by atoms with E-state index in [0.717, 1.165) is 0 Å². The molecule has 0 spiro atoms. The first kappa shape index (κ1) is 30.9. The highest BCUT2D eigenvalue weighted by Crippen LogP contribution is 2.20. The zero-order chi connectivity index (χ0) is 22.8. The van der Waals surface area contributed by atoms with Gasteiger partial charge in [-0.15, -0.1) is 0 Å². The third-order valence-electron chi connectivity index (χ3n) is 5.23. The monoisotopic (exact) mass is 447 g/mol. The van der Waals surface area contributed by atoms with Gasteiger partial charge in [-0.2, -0.15) is 13.2 Å². The fourth-order valence-electron chi connectivity index (χ4n) is 3.46. The molecule has 0 fully saturated rings. The average Bonchev–Trinajstić information content (AvgIpc) is 2.61. The van der Waals surface area contributed by atoms with Gasteiger partial charge in [-0.25, -0.2) is 8.42 Å². The molecule has 0 unspecified atom stereocenters. The lowest BCUT2D eigenvalue weighted by Gasteiger charge is -2.39. The number of alkyl halides is 3. The minimum absolute atomic E-state index is 1.36. The molecule has 0 aliphatic carbocycles. The van der Waals surface area contributed by atoms with E-state index in [-0.39, 0.29) is 0 Å². The molecule has 0 saturated carbocycles. The van der Waals surface area contributed by atoms with Crippen molar-refractivity contribution in [1.82, 2.24) is 0 Å². The molecule has 0 atom stereocenters. The molecule has 4 nitrogen and oxygen atoms in total. The van der Waals surface area contributed by atoms with Gasteiger partial charge in [0.1, 0.15) is 0 Å². The van der Waals surface area contributed by atoms with Crippen molar-refractivity contribution in [3.05, 3.63) is 0 Å². The van der Waals surface area contributed by atoms with E-state index in [0.29, 0.717) is 0 Å². The molecule has 8 heteroatoms. The van der Waals surface area contributed by atoms with E-state index in [4.69, 9.17) is 13.0 Å². The van der Waals surface area contributed by atoms with E-state index in [9.17, 15) is 13.2 Å². The highest BCUT2D eigenvalue weighted by Gasteiger charge is 2.36. The molecule has 0 aromatic rings. The predicted molar refractivity (Wildman–Crippen MR) is 114 cm³/mol. The van der Waals surface area contributed by atoms with Crippen molar-refractivity contribution in [2.45, 2.75) is 110 Å². The van der Waals surface area contributed by atoms with Crippen LogP contribution >= 0.6 is 0 Å². The molecule has 0 rings (SSSR count). The Labute approximate surface area is 177 Å². The van der Waals surface area contributed by atoms with Gasteiger partial charge in [-0.3, -0.25) is 0 Å². The van der Waals surface area contributed by atoms with Crippen LogP contribution in [0.15, 0.2) is 0 Å². The molecule has 0 amide bonds. The highest BCUT2D eigenvalue weighted by molar-refractivity contribution is 7.86. The Bertz CT molecular complexity index is 423. The van der Waals surface area contributed by atoms with Crippen molar-refractivity contribution in [2.24, 2.45) is 0 Å². The second-order valence-corrected chi connectivity index (χ2v) is 9.34. The summed E-state index contributed by atoms with van der Waals surface area (Å²) in [6.07, 6.45) is 16.9. The fourth-order valence-corrected chi connectivity index (χ4v) is 3.46. The first-order chi connectivity index (χ1) is 13.5. The maximum absolute atomic E-state index is 10.7. The van der Waals surface area contributed by atoms with Crippen LogP contribution in [0.4, 0.5) is 13.2 Å². The van der Waals surface area contributed by atoms with E-state index < -0.39 is 15.6 Å². The van der Waals surface area contributed by atoms with Gasteiger partial charge in [0, 0.05) is 0 Å². The molecule has 0 bridgehead atoms. The molecule has 29 heavy (non-hydrogen) atoms. The van der Waals surface area contributed by atoms with E-state index in [1.54, 1.807) is 0 Å². The summed E-state index contributed by atoms with van der Waals surface area (Å²) >= 11 is 0. The Morgan fingerprint density at radius 1 is 0.621 bits per heavy atom. The second-order valence-electron chi connectivity index (χ2n) is 7.96. The standard InChI is InChI=1S/C20H44N.CHF3O3S/c1-5-9-13-17-21(18-14-10-6-2,19-15-11-7-3)20-16-12-8-4;2-1(3,4)8(5,6)7/h5-20H2,1-4H3;(H,5,6,7)/q+1;/p-1. The first-order valence-corrected chi connectivity index (χ1v) is 12.8. The lowest BCUT2D eigenvalue weighted by molar-refractivity contribution is -0.929. The van der Waals surface area contributed by atoms with Crippen molar-refractivity contribution in [3.8, 4) is 0 Å².